The Bertz CT molecular complexity index is 561. The van der Waals surface area contributed by atoms with Crippen LogP contribution in [-0.2, 0) is 9.47 Å². The number of hydrogen-bond donors (Lipinski definition) is 1. The van der Waals surface area contributed by atoms with E-state index in [1.54, 1.807) is 29.2 Å². The Morgan fingerprint density at radius 1 is 1.22 bits per heavy atom. The van der Waals surface area contributed by atoms with Crippen molar-refractivity contribution in [3.63, 3.8) is 0 Å². The molecular weight excluding hydrogens is 298 g/mol. The second kappa shape index (κ2) is 7.00. The van der Waals surface area contributed by atoms with Gasteiger partial charge < -0.3 is 14.6 Å². The van der Waals surface area contributed by atoms with Gasteiger partial charge >= 0.3 is 12.1 Å². The van der Waals surface area contributed by atoms with Gasteiger partial charge in [-0.05, 0) is 44.9 Å². The van der Waals surface area contributed by atoms with Gasteiger partial charge in [0, 0.05) is 13.2 Å². The molecule has 1 aliphatic heterocycles. The van der Waals surface area contributed by atoms with Gasteiger partial charge in [-0.3, -0.25) is 4.90 Å². The van der Waals surface area contributed by atoms with Crippen LogP contribution in [0.1, 0.15) is 49.2 Å². The molecule has 0 aromatic heterocycles. The highest BCUT2D eigenvalue weighted by atomic mass is 16.6. The van der Waals surface area contributed by atoms with Gasteiger partial charge in [-0.2, -0.15) is 0 Å². The first-order chi connectivity index (χ1) is 10.8. The van der Waals surface area contributed by atoms with Crippen molar-refractivity contribution in [2.24, 2.45) is 0 Å². The van der Waals surface area contributed by atoms with E-state index in [9.17, 15) is 9.59 Å². The van der Waals surface area contributed by atoms with Crippen molar-refractivity contribution < 1.29 is 24.2 Å². The number of carbonyl (C=O) groups is 2. The second-order valence-electron chi connectivity index (χ2n) is 6.52. The highest BCUT2D eigenvalue weighted by molar-refractivity contribution is 5.87. The van der Waals surface area contributed by atoms with Crippen molar-refractivity contribution in [2.45, 2.75) is 38.8 Å². The fraction of sp³-hybridized carbons (Fsp3) is 0.529. The lowest BCUT2D eigenvalue weighted by Gasteiger charge is -2.32. The first-order valence-corrected chi connectivity index (χ1v) is 7.68. The van der Waals surface area contributed by atoms with Gasteiger partial charge in [-0.1, -0.05) is 12.1 Å². The van der Waals surface area contributed by atoms with Crippen LogP contribution in [-0.4, -0.2) is 47.4 Å². The number of carboxylic acids is 1. The third kappa shape index (κ3) is 4.69. The molecule has 0 radical (unpaired) electrons. The van der Waals surface area contributed by atoms with Gasteiger partial charge in [0.2, 0.25) is 0 Å². The number of nitrogens with zero attached hydrogens (tertiary/aromatic N) is 1. The molecule has 1 aromatic rings. The highest BCUT2D eigenvalue weighted by Crippen LogP contribution is 2.28. The summed E-state index contributed by atoms with van der Waals surface area (Å²) in [6, 6.07) is 6.41. The van der Waals surface area contributed by atoms with Gasteiger partial charge in [0.1, 0.15) is 5.60 Å². The van der Waals surface area contributed by atoms with E-state index in [4.69, 9.17) is 14.6 Å². The van der Waals surface area contributed by atoms with E-state index < -0.39 is 11.6 Å². The third-order valence-corrected chi connectivity index (χ3v) is 3.56. The molecule has 6 heteroatoms. The Morgan fingerprint density at radius 3 is 2.43 bits per heavy atom. The summed E-state index contributed by atoms with van der Waals surface area (Å²) in [5.41, 5.74) is 0.538. The quantitative estimate of drug-likeness (QED) is 0.906. The van der Waals surface area contributed by atoms with Gasteiger partial charge in [0.05, 0.1) is 18.2 Å². The van der Waals surface area contributed by atoms with E-state index in [-0.39, 0.29) is 17.7 Å². The normalized spacial score (nSPS) is 19.1. The molecule has 1 saturated heterocycles. The molecule has 0 saturated carbocycles. The maximum absolute atomic E-state index is 12.5. The van der Waals surface area contributed by atoms with Crippen LogP contribution in [0, 0.1) is 0 Å². The summed E-state index contributed by atoms with van der Waals surface area (Å²) < 4.78 is 11.0. The molecule has 1 fully saturated rings. The standard InChI is InChI=1S/C17H23NO5/c1-17(2,3)23-16(21)18-9-11-22-10-8-14(18)12-4-6-13(7-5-12)15(19)20/h4-7,14H,8-11H2,1-3H3,(H,19,20)/t14-/m1/s1. The zero-order chi connectivity index (χ0) is 17.0. The zero-order valence-corrected chi connectivity index (χ0v) is 13.7. The molecule has 0 unspecified atom stereocenters. The minimum atomic E-state index is -0.968. The van der Waals surface area contributed by atoms with Gasteiger partial charge in [0.25, 0.3) is 0 Å². The molecule has 0 bridgehead atoms. The maximum atomic E-state index is 12.5. The molecule has 1 aromatic carbocycles. The van der Waals surface area contributed by atoms with Crippen LogP contribution >= 0.6 is 0 Å². The third-order valence-electron chi connectivity index (χ3n) is 3.56. The lowest BCUT2D eigenvalue weighted by Crippen LogP contribution is -2.40. The number of rotatable bonds is 2. The Labute approximate surface area is 136 Å². The molecule has 6 nitrogen and oxygen atoms in total. The number of hydrogen-bond acceptors (Lipinski definition) is 4. The SMILES string of the molecule is CC(C)(C)OC(=O)N1CCOCC[C@@H]1c1ccc(C(=O)O)cc1. The van der Waals surface area contributed by atoms with Gasteiger partial charge in [0.15, 0.2) is 0 Å². The van der Waals surface area contributed by atoms with Crippen molar-refractivity contribution in [2.75, 3.05) is 19.8 Å². The van der Waals surface area contributed by atoms with E-state index in [0.717, 1.165) is 5.56 Å². The van der Waals surface area contributed by atoms with Gasteiger partial charge in [-0.15, -0.1) is 0 Å². The first-order valence-electron chi connectivity index (χ1n) is 7.68. The lowest BCUT2D eigenvalue weighted by molar-refractivity contribution is 0.0159. The van der Waals surface area contributed by atoms with Crippen molar-refractivity contribution in [3.05, 3.63) is 35.4 Å². The molecular formula is C17H23NO5. The van der Waals surface area contributed by atoms with E-state index in [2.05, 4.69) is 0 Å². The summed E-state index contributed by atoms with van der Waals surface area (Å²) in [5.74, 6) is -0.968. The van der Waals surface area contributed by atoms with Crippen LogP contribution in [0.15, 0.2) is 24.3 Å². The summed E-state index contributed by atoms with van der Waals surface area (Å²) in [6.45, 7) is 6.94. The van der Waals surface area contributed by atoms with Gasteiger partial charge in [-0.25, -0.2) is 9.59 Å². The Hall–Kier alpha value is -2.08. The molecule has 126 valence electrons. The fourth-order valence-electron chi connectivity index (χ4n) is 2.51. The van der Waals surface area contributed by atoms with Crippen molar-refractivity contribution in [3.8, 4) is 0 Å². The summed E-state index contributed by atoms with van der Waals surface area (Å²) in [5, 5.41) is 8.99. The van der Waals surface area contributed by atoms with E-state index in [1.165, 1.54) is 0 Å². The molecule has 1 amide bonds. The number of aromatic carboxylic acids is 1. The predicted octanol–water partition coefficient (Wildman–Crippen LogP) is 3.08. The number of ether oxygens (including phenoxy) is 2. The number of benzene rings is 1. The minimum absolute atomic E-state index is 0.185. The van der Waals surface area contributed by atoms with Crippen LogP contribution in [0.5, 0.6) is 0 Å². The van der Waals surface area contributed by atoms with Crippen LogP contribution in [0.3, 0.4) is 0 Å². The number of carbonyl (C=O) groups excluding carboxylic acids is 1. The lowest BCUT2D eigenvalue weighted by atomic mass is 10.0. The maximum Gasteiger partial charge on any atom is 0.410 e. The van der Waals surface area contributed by atoms with Crippen molar-refractivity contribution >= 4 is 12.1 Å². The van der Waals surface area contributed by atoms with Crippen LogP contribution < -0.4 is 0 Å². The highest BCUT2D eigenvalue weighted by Gasteiger charge is 2.30. The monoisotopic (exact) mass is 321 g/mol. The predicted molar refractivity (Wildman–Crippen MR) is 84.5 cm³/mol. The zero-order valence-electron chi connectivity index (χ0n) is 13.7. The minimum Gasteiger partial charge on any atom is -0.478 e. The molecule has 1 aliphatic rings. The number of carboxylic acid groups (broad SMARTS) is 1. The number of amides is 1. The molecule has 1 heterocycles. The summed E-state index contributed by atoms with van der Waals surface area (Å²) in [7, 11) is 0. The Morgan fingerprint density at radius 2 is 1.87 bits per heavy atom. The van der Waals surface area contributed by atoms with E-state index >= 15 is 0 Å². The molecule has 0 spiro atoms. The summed E-state index contributed by atoms with van der Waals surface area (Å²) in [6.07, 6.45) is 0.265. The topological polar surface area (TPSA) is 76.1 Å². The Kier molecular flexibility index (Phi) is 5.26. The van der Waals surface area contributed by atoms with Crippen molar-refractivity contribution in [1.29, 1.82) is 0 Å². The molecule has 23 heavy (non-hydrogen) atoms. The van der Waals surface area contributed by atoms with Crippen LogP contribution in [0.4, 0.5) is 4.79 Å². The first kappa shape index (κ1) is 17.3. The van der Waals surface area contributed by atoms with Crippen LogP contribution in [0.25, 0.3) is 0 Å². The largest absolute Gasteiger partial charge is 0.478 e. The molecule has 2 rings (SSSR count). The molecule has 1 atom stereocenters. The fourth-order valence-corrected chi connectivity index (χ4v) is 2.51. The van der Waals surface area contributed by atoms with Crippen molar-refractivity contribution in [1.82, 2.24) is 4.90 Å². The summed E-state index contributed by atoms with van der Waals surface area (Å²) in [4.78, 5) is 25.1. The average molecular weight is 321 g/mol. The summed E-state index contributed by atoms with van der Waals surface area (Å²) >= 11 is 0. The van der Waals surface area contributed by atoms with Crippen LogP contribution in [0.2, 0.25) is 0 Å². The average Bonchev–Trinajstić information content (AvgIpc) is 2.71. The Balaban J connectivity index is 2.23. The molecule has 0 aliphatic carbocycles. The molecule has 1 N–H and O–H groups in total. The van der Waals surface area contributed by atoms with E-state index in [0.29, 0.717) is 26.2 Å². The second-order valence-corrected chi connectivity index (χ2v) is 6.52. The smallest absolute Gasteiger partial charge is 0.410 e. The van der Waals surface area contributed by atoms with E-state index in [1.807, 2.05) is 20.8 Å².